The van der Waals surface area contributed by atoms with E-state index in [2.05, 4.69) is 11.4 Å². The van der Waals surface area contributed by atoms with Crippen LogP contribution in [0.3, 0.4) is 0 Å². The fourth-order valence-corrected chi connectivity index (χ4v) is 4.48. The van der Waals surface area contributed by atoms with Gasteiger partial charge in [-0.2, -0.15) is 0 Å². The van der Waals surface area contributed by atoms with E-state index in [1.54, 1.807) is 14.2 Å². The Morgan fingerprint density at radius 3 is 2.00 bits per heavy atom. The van der Waals surface area contributed by atoms with Crippen molar-refractivity contribution < 1.29 is 18.3 Å². The molecule has 6 heteroatoms. The van der Waals surface area contributed by atoms with E-state index in [9.17, 15) is 0 Å². The molecule has 0 aromatic rings. The molecule has 2 saturated heterocycles. The maximum absolute atomic E-state index is 5.57. The van der Waals surface area contributed by atoms with Crippen molar-refractivity contribution in [3.05, 3.63) is 0 Å². The Morgan fingerprint density at radius 2 is 1.60 bits per heavy atom. The van der Waals surface area contributed by atoms with Gasteiger partial charge in [0, 0.05) is 39.5 Å². The van der Waals surface area contributed by atoms with Crippen molar-refractivity contribution in [3.8, 4) is 0 Å². The normalized spacial score (nSPS) is 27.6. The predicted molar refractivity (Wildman–Crippen MR) is 80.2 cm³/mol. The molecule has 0 spiro atoms. The van der Waals surface area contributed by atoms with Gasteiger partial charge in [-0.05, 0) is 38.4 Å². The van der Waals surface area contributed by atoms with Gasteiger partial charge in [-0.25, -0.2) is 0 Å². The summed E-state index contributed by atoms with van der Waals surface area (Å²) in [6, 6.07) is 2.18. The minimum absolute atomic E-state index is 0.569. The Hall–Kier alpha value is 0.0169. The van der Waals surface area contributed by atoms with Crippen LogP contribution in [0.2, 0.25) is 12.6 Å². The fraction of sp³-hybridized carbons (Fsp3) is 1.00. The molecular weight excluding hydrogens is 274 g/mol. The lowest BCUT2D eigenvalue weighted by molar-refractivity contribution is 0.0925. The third-order valence-electron chi connectivity index (χ3n) is 4.66. The number of hydrogen-bond acceptors (Lipinski definition) is 5. The second-order valence-corrected chi connectivity index (χ2v) is 9.50. The van der Waals surface area contributed by atoms with Gasteiger partial charge >= 0.3 is 8.56 Å². The zero-order valence-electron chi connectivity index (χ0n) is 13.1. The summed E-state index contributed by atoms with van der Waals surface area (Å²) in [4.78, 5) is 2.61. The Morgan fingerprint density at radius 1 is 1.05 bits per heavy atom. The third kappa shape index (κ3) is 4.25. The Labute approximate surface area is 123 Å². The van der Waals surface area contributed by atoms with Gasteiger partial charge in [-0.1, -0.05) is 0 Å². The molecular formula is C14H29NO4Si. The van der Waals surface area contributed by atoms with Crippen LogP contribution in [0.4, 0.5) is 0 Å². The summed E-state index contributed by atoms with van der Waals surface area (Å²) in [7, 11) is 1.60. The van der Waals surface area contributed by atoms with E-state index in [-0.39, 0.29) is 0 Å². The van der Waals surface area contributed by atoms with Crippen molar-refractivity contribution in [2.75, 3.05) is 47.2 Å². The van der Waals surface area contributed by atoms with Crippen molar-refractivity contribution >= 4 is 8.56 Å². The third-order valence-corrected chi connectivity index (χ3v) is 7.65. The van der Waals surface area contributed by atoms with Crippen LogP contribution in [-0.4, -0.2) is 72.7 Å². The largest absolute Gasteiger partial charge is 0.398 e. The summed E-state index contributed by atoms with van der Waals surface area (Å²) in [6.45, 7) is 6.78. The highest BCUT2D eigenvalue weighted by molar-refractivity contribution is 6.65. The van der Waals surface area contributed by atoms with Gasteiger partial charge in [-0.15, -0.1) is 0 Å². The summed E-state index contributed by atoms with van der Waals surface area (Å²) >= 11 is 0. The molecule has 0 radical (unpaired) electrons. The molecule has 2 atom stereocenters. The first kappa shape index (κ1) is 16.4. The van der Waals surface area contributed by atoms with Gasteiger partial charge in [0.2, 0.25) is 0 Å². The summed E-state index contributed by atoms with van der Waals surface area (Å²) in [5, 5.41) is 0. The molecule has 0 amide bonds. The minimum atomic E-state index is -1.93. The molecule has 2 heterocycles. The van der Waals surface area contributed by atoms with Crippen LogP contribution < -0.4 is 0 Å². The van der Waals surface area contributed by atoms with Crippen LogP contribution in [0, 0.1) is 0 Å². The van der Waals surface area contributed by atoms with Crippen LogP contribution >= 0.6 is 0 Å². The van der Waals surface area contributed by atoms with E-state index in [0.29, 0.717) is 12.1 Å². The number of ether oxygens (including phenoxy) is 2. The number of nitrogens with zero attached hydrogens (tertiary/aromatic N) is 1. The summed E-state index contributed by atoms with van der Waals surface area (Å²) in [5.74, 6) is 0. The van der Waals surface area contributed by atoms with Crippen LogP contribution in [0.15, 0.2) is 0 Å². The van der Waals surface area contributed by atoms with Gasteiger partial charge in [0.25, 0.3) is 0 Å². The van der Waals surface area contributed by atoms with Crippen LogP contribution in [0.5, 0.6) is 0 Å². The molecule has 20 heavy (non-hydrogen) atoms. The smallest absolute Gasteiger partial charge is 0.334 e. The molecule has 2 fully saturated rings. The highest BCUT2D eigenvalue weighted by atomic mass is 28.4. The first-order valence-electron chi connectivity index (χ1n) is 7.70. The number of hydrogen-bond donors (Lipinski definition) is 0. The Bertz CT molecular complexity index is 260. The minimum Gasteiger partial charge on any atom is -0.398 e. The second-order valence-electron chi connectivity index (χ2n) is 5.92. The lowest BCUT2D eigenvalue weighted by atomic mass is 10.1. The van der Waals surface area contributed by atoms with E-state index in [4.69, 9.17) is 18.3 Å². The Balaban J connectivity index is 1.84. The van der Waals surface area contributed by atoms with Gasteiger partial charge in [0.1, 0.15) is 0 Å². The number of rotatable bonds is 8. The first-order valence-corrected chi connectivity index (χ1v) is 10.2. The lowest BCUT2D eigenvalue weighted by Gasteiger charge is -2.33. The van der Waals surface area contributed by atoms with E-state index in [1.807, 2.05) is 0 Å². The molecule has 0 saturated carbocycles. The molecule has 2 rings (SSSR count). The van der Waals surface area contributed by atoms with E-state index in [0.717, 1.165) is 58.3 Å². The SMILES string of the molecule is CO[Si](C)(CCCN(C1CCOC1)C1CCOC1)OC. The van der Waals surface area contributed by atoms with Crippen molar-refractivity contribution in [2.45, 2.75) is 43.9 Å². The first-order chi connectivity index (χ1) is 9.68. The van der Waals surface area contributed by atoms with Crippen molar-refractivity contribution in [3.63, 3.8) is 0 Å². The van der Waals surface area contributed by atoms with Crippen LogP contribution in [-0.2, 0) is 18.3 Å². The second kappa shape index (κ2) is 7.86. The maximum Gasteiger partial charge on any atom is 0.334 e. The van der Waals surface area contributed by atoms with E-state index in [1.165, 1.54) is 0 Å². The van der Waals surface area contributed by atoms with Gasteiger partial charge in [-0.3, -0.25) is 4.90 Å². The molecule has 5 nitrogen and oxygen atoms in total. The molecule has 0 aromatic carbocycles. The van der Waals surface area contributed by atoms with Gasteiger partial charge < -0.3 is 18.3 Å². The molecule has 0 bridgehead atoms. The van der Waals surface area contributed by atoms with Crippen molar-refractivity contribution in [2.24, 2.45) is 0 Å². The predicted octanol–water partition coefficient (Wildman–Crippen LogP) is 1.62. The Kier molecular flexibility index (Phi) is 6.44. The topological polar surface area (TPSA) is 40.2 Å². The fourth-order valence-electron chi connectivity index (χ4n) is 3.10. The van der Waals surface area contributed by atoms with Crippen LogP contribution in [0.25, 0.3) is 0 Å². The van der Waals surface area contributed by atoms with Crippen molar-refractivity contribution in [1.82, 2.24) is 4.90 Å². The van der Waals surface area contributed by atoms with E-state index >= 15 is 0 Å². The maximum atomic E-state index is 5.57. The monoisotopic (exact) mass is 303 g/mol. The average molecular weight is 303 g/mol. The zero-order valence-corrected chi connectivity index (χ0v) is 14.1. The van der Waals surface area contributed by atoms with Gasteiger partial charge in [0.05, 0.1) is 13.2 Å². The molecule has 2 aliphatic rings. The molecule has 0 aliphatic carbocycles. The summed E-state index contributed by atoms with van der Waals surface area (Å²) in [6.07, 6.45) is 3.43. The standard InChI is InChI=1S/C14H29NO4Si/c1-16-20(3,17-2)10-4-7-15(13-5-8-18-11-13)14-6-9-19-12-14/h13-14H,4-12H2,1-3H3. The van der Waals surface area contributed by atoms with E-state index < -0.39 is 8.56 Å². The lowest BCUT2D eigenvalue weighted by Crippen LogP contribution is -2.45. The zero-order chi connectivity index (χ0) is 14.4. The molecule has 0 N–H and O–H groups in total. The van der Waals surface area contributed by atoms with Gasteiger partial charge in [0.15, 0.2) is 0 Å². The highest BCUT2D eigenvalue weighted by Crippen LogP contribution is 2.23. The van der Waals surface area contributed by atoms with Crippen molar-refractivity contribution in [1.29, 1.82) is 0 Å². The molecule has 2 aliphatic heterocycles. The molecule has 2 unspecified atom stereocenters. The summed E-state index contributed by atoms with van der Waals surface area (Å²) in [5.41, 5.74) is 0. The highest BCUT2D eigenvalue weighted by Gasteiger charge is 2.33. The average Bonchev–Trinajstić information content (AvgIpc) is 3.16. The quantitative estimate of drug-likeness (QED) is 0.637. The molecule has 0 aromatic heterocycles. The molecule has 118 valence electrons. The van der Waals surface area contributed by atoms with Crippen LogP contribution in [0.1, 0.15) is 19.3 Å². The summed E-state index contributed by atoms with van der Waals surface area (Å²) < 4.78 is 22.3.